The lowest BCUT2D eigenvalue weighted by atomic mass is 9.70. The molecule has 0 aliphatic heterocycles. The predicted octanol–water partition coefficient (Wildman–Crippen LogP) is 4.72. The van der Waals surface area contributed by atoms with Gasteiger partial charge in [0.15, 0.2) is 6.61 Å². The lowest BCUT2D eigenvalue weighted by molar-refractivity contribution is -0.123. The highest BCUT2D eigenvalue weighted by Crippen LogP contribution is 2.38. The molecule has 178 valence electrons. The number of amides is 1. The van der Waals surface area contributed by atoms with Gasteiger partial charge in [-0.2, -0.15) is 0 Å². The lowest BCUT2D eigenvalue weighted by Crippen LogP contribution is -2.38. The standard InChI is InChI=1S/C27H32N4O3/c1-18(2)24-14-21(15-26-30-31-27(34-26)20-9-11-28-12-10-20)19(3)13-22(24)16-29-25(32)17-33-23-7-5-4-6-8-23/h4-13,18,21-22,24H,14-17H2,1-3H3,(H,29,32). The van der Waals surface area contributed by atoms with E-state index in [1.165, 1.54) is 5.57 Å². The Morgan fingerprint density at radius 3 is 2.65 bits per heavy atom. The van der Waals surface area contributed by atoms with E-state index in [4.69, 9.17) is 9.15 Å². The van der Waals surface area contributed by atoms with Crippen molar-refractivity contribution in [2.45, 2.75) is 33.6 Å². The third kappa shape index (κ3) is 6.10. The van der Waals surface area contributed by atoms with Gasteiger partial charge in [0.2, 0.25) is 11.8 Å². The average molecular weight is 461 g/mol. The molecule has 7 nitrogen and oxygen atoms in total. The molecule has 1 N–H and O–H groups in total. The van der Waals surface area contributed by atoms with Crippen molar-refractivity contribution in [2.75, 3.05) is 13.2 Å². The first-order chi connectivity index (χ1) is 16.5. The molecule has 3 aromatic rings. The molecular formula is C27H32N4O3. The fourth-order valence-corrected chi connectivity index (χ4v) is 4.61. The summed E-state index contributed by atoms with van der Waals surface area (Å²) in [7, 11) is 0. The number of para-hydroxylation sites is 1. The molecule has 3 unspecified atom stereocenters. The van der Waals surface area contributed by atoms with Crippen molar-refractivity contribution in [3.8, 4) is 17.2 Å². The topological polar surface area (TPSA) is 90.1 Å². The summed E-state index contributed by atoms with van der Waals surface area (Å²) in [6.07, 6.45) is 7.49. The summed E-state index contributed by atoms with van der Waals surface area (Å²) >= 11 is 0. The molecule has 1 aliphatic rings. The first-order valence-electron chi connectivity index (χ1n) is 11.8. The normalized spacial score (nSPS) is 20.1. The molecule has 0 radical (unpaired) electrons. The number of nitrogens with one attached hydrogen (secondary N) is 1. The summed E-state index contributed by atoms with van der Waals surface area (Å²) in [6.45, 7) is 7.28. The van der Waals surface area contributed by atoms with E-state index in [2.05, 4.69) is 47.3 Å². The van der Waals surface area contributed by atoms with Gasteiger partial charge in [-0.15, -0.1) is 10.2 Å². The summed E-state index contributed by atoms with van der Waals surface area (Å²) < 4.78 is 11.5. The molecule has 1 amide bonds. The van der Waals surface area contributed by atoms with E-state index in [1.54, 1.807) is 12.4 Å². The number of carbonyl (C=O) groups excluding carboxylic acids is 1. The number of pyridine rings is 1. The Bertz CT molecular complexity index is 1100. The highest BCUT2D eigenvalue weighted by Gasteiger charge is 2.32. The van der Waals surface area contributed by atoms with E-state index < -0.39 is 0 Å². The second-order valence-electron chi connectivity index (χ2n) is 9.26. The van der Waals surface area contributed by atoms with Crippen LogP contribution in [0.3, 0.4) is 0 Å². The number of aromatic nitrogens is 3. The summed E-state index contributed by atoms with van der Waals surface area (Å²) in [5.74, 6) is 3.33. The molecule has 2 aromatic heterocycles. The zero-order valence-electron chi connectivity index (χ0n) is 20.0. The fraction of sp³-hybridized carbons (Fsp3) is 0.407. The Morgan fingerprint density at radius 2 is 1.91 bits per heavy atom. The van der Waals surface area contributed by atoms with E-state index in [0.717, 1.165) is 12.0 Å². The maximum atomic E-state index is 12.4. The highest BCUT2D eigenvalue weighted by molar-refractivity contribution is 5.77. The van der Waals surface area contributed by atoms with Crippen molar-refractivity contribution in [2.24, 2.45) is 23.7 Å². The number of ether oxygens (including phenoxy) is 1. The minimum Gasteiger partial charge on any atom is -0.484 e. The van der Waals surface area contributed by atoms with Crippen molar-refractivity contribution >= 4 is 5.91 Å². The zero-order valence-corrected chi connectivity index (χ0v) is 20.0. The van der Waals surface area contributed by atoms with Gasteiger partial charge < -0.3 is 14.5 Å². The van der Waals surface area contributed by atoms with Crippen molar-refractivity contribution in [1.82, 2.24) is 20.5 Å². The van der Waals surface area contributed by atoms with Gasteiger partial charge >= 0.3 is 0 Å². The number of allylic oxidation sites excluding steroid dienone is 1. The van der Waals surface area contributed by atoms with E-state index in [0.29, 0.717) is 48.3 Å². The molecule has 4 rings (SSSR count). The molecule has 0 bridgehead atoms. The van der Waals surface area contributed by atoms with E-state index >= 15 is 0 Å². The Kier molecular flexibility index (Phi) is 7.72. The van der Waals surface area contributed by atoms with Crippen LogP contribution in [0, 0.1) is 23.7 Å². The second-order valence-corrected chi connectivity index (χ2v) is 9.26. The molecule has 1 aromatic carbocycles. The minimum absolute atomic E-state index is 0.0192. The van der Waals surface area contributed by atoms with Gasteiger partial charge in [-0.1, -0.05) is 43.7 Å². The van der Waals surface area contributed by atoms with Crippen LogP contribution in [-0.2, 0) is 11.2 Å². The van der Waals surface area contributed by atoms with Crippen LogP contribution in [-0.4, -0.2) is 34.2 Å². The maximum Gasteiger partial charge on any atom is 0.257 e. The van der Waals surface area contributed by atoms with E-state index in [9.17, 15) is 4.79 Å². The summed E-state index contributed by atoms with van der Waals surface area (Å²) in [5, 5.41) is 11.6. The van der Waals surface area contributed by atoms with E-state index in [1.807, 2.05) is 42.5 Å². The second kappa shape index (κ2) is 11.1. The first kappa shape index (κ1) is 23.7. The number of carbonyl (C=O) groups is 1. The number of hydrogen-bond acceptors (Lipinski definition) is 6. The number of rotatable bonds is 9. The van der Waals surface area contributed by atoms with Gasteiger partial charge in [-0.25, -0.2) is 0 Å². The Morgan fingerprint density at radius 1 is 1.15 bits per heavy atom. The van der Waals surface area contributed by atoms with Crippen molar-refractivity contribution < 1.29 is 13.9 Å². The summed E-state index contributed by atoms with van der Waals surface area (Å²) in [6, 6.07) is 13.1. The highest BCUT2D eigenvalue weighted by atomic mass is 16.5. The molecule has 0 spiro atoms. The molecule has 7 heteroatoms. The van der Waals surface area contributed by atoms with Gasteiger partial charge in [-0.3, -0.25) is 9.78 Å². The fourth-order valence-electron chi connectivity index (χ4n) is 4.61. The monoisotopic (exact) mass is 460 g/mol. The zero-order chi connectivity index (χ0) is 23.9. The quantitative estimate of drug-likeness (QED) is 0.465. The maximum absolute atomic E-state index is 12.4. The van der Waals surface area contributed by atoms with Crippen LogP contribution in [0.4, 0.5) is 0 Å². The van der Waals surface area contributed by atoms with Crippen LogP contribution >= 0.6 is 0 Å². The predicted molar refractivity (Wildman–Crippen MR) is 130 cm³/mol. The van der Waals surface area contributed by atoms with Gasteiger partial charge in [-0.05, 0) is 61.3 Å². The number of hydrogen-bond donors (Lipinski definition) is 1. The Labute approximate surface area is 200 Å². The molecule has 0 saturated carbocycles. The summed E-state index contributed by atoms with van der Waals surface area (Å²) in [5.41, 5.74) is 2.18. The Hall–Kier alpha value is -3.48. The smallest absolute Gasteiger partial charge is 0.257 e. The van der Waals surface area contributed by atoms with Gasteiger partial charge in [0.05, 0.1) is 0 Å². The van der Waals surface area contributed by atoms with Crippen LogP contribution in [0.5, 0.6) is 5.75 Å². The van der Waals surface area contributed by atoms with Crippen LogP contribution in [0.2, 0.25) is 0 Å². The van der Waals surface area contributed by atoms with Crippen LogP contribution < -0.4 is 10.1 Å². The third-order valence-corrected chi connectivity index (χ3v) is 6.55. The minimum atomic E-state index is -0.103. The summed E-state index contributed by atoms with van der Waals surface area (Å²) in [4.78, 5) is 16.4. The van der Waals surface area contributed by atoms with Crippen molar-refractivity contribution in [1.29, 1.82) is 0 Å². The molecule has 2 heterocycles. The van der Waals surface area contributed by atoms with Crippen molar-refractivity contribution in [3.63, 3.8) is 0 Å². The van der Waals surface area contributed by atoms with Gasteiger partial charge in [0.25, 0.3) is 5.91 Å². The molecule has 3 atom stereocenters. The molecule has 34 heavy (non-hydrogen) atoms. The largest absolute Gasteiger partial charge is 0.484 e. The average Bonchev–Trinajstić information content (AvgIpc) is 3.32. The number of benzene rings is 1. The van der Waals surface area contributed by atoms with Gasteiger partial charge in [0.1, 0.15) is 5.75 Å². The van der Waals surface area contributed by atoms with Crippen LogP contribution in [0.15, 0.2) is 70.9 Å². The molecule has 1 aliphatic carbocycles. The van der Waals surface area contributed by atoms with Crippen molar-refractivity contribution in [3.05, 3.63) is 72.4 Å². The van der Waals surface area contributed by atoms with Gasteiger partial charge in [0, 0.05) is 30.9 Å². The van der Waals surface area contributed by atoms with E-state index in [-0.39, 0.29) is 18.4 Å². The van der Waals surface area contributed by atoms with Crippen LogP contribution in [0.25, 0.3) is 11.5 Å². The molecular weight excluding hydrogens is 428 g/mol. The molecule has 0 saturated heterocycles. The first-order valence-corrected chi connectivity index (χ1v) is 11.8. The SMILES string of the molecule is CC1=CC(CNC(=O)COc2ccccc2)C(C(C)C)CC1Cc1nnc(-c2ccncc2)o1. The molecule has 0 fully saturated rings. The third-order valence-electron chi connectivity index (χ3n) is 6.55. The van der Waals surface area contributed by atoms with Crippen LogP contribution in [0.1, 0.15) is 33.1 Å². The lowest BCUT2D eigenvalue weighted by Gasteiger charge is -2.37. The Balaban J connectivity index is 1.35. The number of nitrogens with zero attached hydrogens (tertiary/aromatic N) is 3.